The molecule has 3 heterocycles. The van der Waals surface area contributed by atoms with Crippen LogP contribution in [-0.2, 0) is 9.84 Å². The van der Waals surface area contributed by atoms with Gasteiger partial charge in [0.2, 0.25) is 0 Å². The fraction of sp³-hybridized carbons (Fsp3) is 0.222. The summed E-state index contributed by atoms with van der Waals surface area (Å²) >= 11 is 0. The highest BCUT2D eigenvalue weighted by Crippen LogP contribution is 2.23. The molecule has 0 saturated carbocycles. The average molecular weight is 382 g/mol. The number of rotatable bonds is 6. The number of H-pyrrole nitrogens is 1. The molecular weight excluding hydrogens is 364 g/mol. The Morgan fingerprint density at radius 2 is 2.04 bits per heavy atom. The predicted octanol–water partition coefficient (Wildman–Crippen LogP) is 2.78. The van der Waals surface area contributed by atoms with Gasteiger partial charge < -0.3 is 0 Å². The van der Waals surface area contributed by atoms with E-state index in [0.717, 1.165) is 17.7 Å². The zero-order valence-corrected chi connectivity index (χ0v) is 15.5. The molecule has 0 amide bonds. The third kappa shape index (κ3) is 3.33. The van der Waals surface area contributed by atoms with Crippen molar-refractivity contribution in [3.63, 3.8) is 0 Å². The Bertz CT molecular complexity index is 1180. The summed E-state index contributed by atoms with van der Waals surface area (Å²) < 4.78 is 26.5. The molecule has 3 aromatic heterocycles. The fourth-order valence-corrected chi connectivity index (χ4v) is 4.27. The van der Waals surface area contributed by atoms with Crippen LogP contribution in [0.3, 0.4) is 0 Å². The van der Waals surface area contributed by atoms with Gasteiger partial charge in [0.05, 0.1) is 22.5 Å². The Morgan fingerprint density at radius 1 is 1.15 bits per heavy atom. The van der Waals surface area contributed by atoms with Crippen LogP contribution in [0.25, 0.3) is 28.1 Å². The summed E-state index contributed by atoms with van der Waals surface area (Å²) in [5, 5.41) is 11.8. The maximum absolute atomic E-state index is 12.4. The Hall–Kier alpha value is -3.07. The molecule has 0 saturated heterocycles. The first-order chi connectivity index (χ1) is 13.1. The molecule has 27 heavy (non-hydrogen) atoms. The lowest BCUT2D eigenvalue weighted by atomic mass is 10.2. The van der Waals surface area contributed by atoms with Crippen molar-refractivity contribution in [3.8, 4) is 17.1 Å². The van der Waals surface area contributed by atoms with Gasteiger partial charge in [-0.1, -0.05) is 25.5 Å². The van der Waals surface area contributed by atoms with Gasteiger partial charge in [0, 0.05) is 17.1 Å². The third-order valence-corrected chi connectivity index (χ3v) is 6.06. The molecule has 0 aliphatic carbocycles. The number of pyridine rings is 1. The van der Waals surface area contributed by atoms with Crippen molar-refractivity contribution in [2.75, 3.05) is 5.75 Å². The average Bonchev–Trinajstić information content (AvgIpc) is 3.36. The van der Waals surface area contributed by atoms with Gasteiger partial charge in [-0.3, -0.25) is 5.10 Å². The standard InChI is InChI=1S/C18H18N6O2S/c1-2-3-7-27(25,26)16-9-14-10-22-24(18(14)19-11-16)15-6-4-5-13(8-15)17-20-12-21-23-17/h4-6,8-12H,2-3,7H2,1H3,(H,20,21,23). The van der Waals surface area contributed by atoms with E-state index >= 15 is 0 Å². The van der Waals surface area contributed by atoms with E-state index in [0.29, 0.717) is 23.3 Å². The molecule has 0 radical (unpaired) electrons. The van der Waals surface area contributed by atoms with Crippen LogP contribution in [0.5, 0.6) is 0 Å². The number of hydrogen-bond acceptors (Lipinski definition) is 6. The van der Waals surface area contributed by atoms with Crippen LogP contribution in [0.15, 0.2) is 53.9 Å². The monoisotopic (exact) mass is 382 g/mol. The van der Waals surface area contributed by atoms with E-state index in [1.165, 1.54) is 12.5 Å². The highest BCUT2D eigenvalue weighted by atomic mass is 32.2. The van der Waals surface area contributed by atoms with Crippen molar-refractivity contribution in [2.24, 2.45) is 0 Å². The second kappa shape index (κ2) is 6.92. The summed E-state index contributed by atoms with van der Waals surface area (Å²) in [6.07, 6.45) is 5.95. The molecule has 9 heteroatoms. The second-order valence-electron chi connectivity index (χ2n) is 6.20. The molecule has 8 nitrogen and oxygen atoms in total. The van der Waals surface area contributed by atoms with E-state index in [1.807, 2.05) is 31.2 Å². The quantitative estimate of drug-likeness (QED) is 0.549. The number of aromatic amines is 1. The summed E-state index contributed by atoms with van der Waals surface area (Å²) in [6.45, 7) is 1.97. The summed E-state index contributed by atoms with van der Waals surface area (Å²) in [5.41, 5.74) is 2.26. The van der Waals surface area contributed by atoms with Crippen LogP contribution < -0.4 is 0 Å². The topological polar surface area (TPSA) is 106 Å². The highest BCUT2D eigenvalue weighted by molar-refractivity contribution is 7.91. The number of aromatic nitrogens is 6. The Kier molecular flexibility index (Phi) is 4.44. The van der Waals surface area contributed by atoms with Crippen LogP contribution in [0.4, 0.5) is 0 Å². The maximum Gasteiger partial charge on any atom is 0.179 e. The number of unbranched alkanes of at least 4 members (excludes halogenated alkanes) is 1. The fourth-order valence-electron chi connectivity index (χ4n) is 2.84. The van der Waals surface area contributed by atoms with Crippen molar-refractivity contribution >= 4 is 20.9 Å². The zero-order chi connectivity index (χ0) is 18.9. The SMILES string of the molecule is CCCCS(=O)(=O)c1cnc2c(cnn2-c2cccc(-c3ncn[nH]3)c2)c1. The minimum atomic E-state index is -3.32. The molecule has 0 spiro atoms. The van der Waals surface area contributed by atoms with Gasteiger partial charge in [-0.05, 0) is 24.6 Å². The van der Waals surface area contributed by atoms with Crippen molar-refractivity contribution in [3.05, 3.63) is 49.1 Å². The molecule has 0 atom stereocenters. The van der Waals surface area contributed by atoms with Crippen LogP contribution >= 0.6 is 0 Å². The van der Waals surface area contributed by atoms with Crippen molar-refractivity contribution in [1.29, 1.82) is 0 Å². The first kappa shape index (κ1) is 17.3. The molecule has 138 valence electrons. The molecule has 0 unspecified atom stereocenters. The summed E-state index contributed by atoms with van der Waals surface area (Å²) in [4.78, 5) is 8.76. The van der Waals surface area contributed by atoms with E-state index in [9.17, 15) is 8.42 Å². The second-order valence-corrected chi connectivity index (χ2v) is 8.31. The number of sulfone groups is 1. The molecule has 1 N–H and O–H groups in total. The van der Waals surface area contributed by atoms with Crippen molar-refractivity contribution < 1.29 is 8.42 Å². The van der Waals surface area contributed by atoms with Gasteiger partial charge in [-0.25, -0.2) is 23.1 Å². The van der Waals surface area contributed by atoms with Gasteiger partial charge in [0.1, 0.15) is 6.33 Å². The first-order valence-corrected chi connectivity index (χ1v) is 10.3. The molecule has 0 bridgehead atoms. The predicted molar refractivity (Wildman–Crippen MR) is 101 cm³/mol. The van der Waals surface area contributed by atoms with Crippen LogP contribution in [0.2, 0.25) is 0 Å². The summed E-state index contributed by atoms with van der Waals surface area (Å²) in [5.74, 6) is 0.787. The van der Waals surface area contributed by atoms with E-state index < -0.39 is 9.84 Å². The lowest BCUT2D eigenvalue weighted by molar-refractivity contribution is 0.592. The maximum atomic E-state index is 12.4. The van der Waals surface area contributed by atoms with Crippen LogP contribution in [0, 0.1) is 0 Å². The van der Waals surface area contributed by atoms with Crippen molar-refractivity contribution in [2.45, 2.75) is 24.7 Å². The lowest BCUT2D eigenvalue weighted by Gasteiger charge is -2.06. The lowest BCUT2D eigenvalue weighted by Crippen LogP contribution is -2.07. The first-order valence-electron chi connectivity index (χ1n) is 8.61. The van der Waals surface area contributed by atoms with E-state index in [-0.39, 0.29) is 10.6 Å². The third-order valence-electron chi connectivity index (χ3n) is 4.29. The normalized spacial score (nSPS) is 11.9. The molecule has 4 aromatic rings. The van der Waals surface area contributed by atoms with Gasteiger partial charge in [-0.15, -0.1) is 0 Å². The number of nitrogens with one attached hydrogen (secondary N) is 1. The highest BCUT2D eigenvalue weighted by Gasteiger charge is 2.17. The number of nitrogens with zero attached hydrogens (tertiary/aromatic N) is 5. The molecular formula is C18H18N6O2S. The number of benzene rings is 1. The van der Waals surface area contributed by atoms with Crippen LogP contribution in [0.1, 0.15) is 19.8 Å². The Balaban J connectivity index is 1.74. The minimum absolute atomic E-state index is 0.129. The summed E-state index contributed by atoms with van der Waals surface area (Å²) in [7, 11) is -3.32. The van der Waals surface area contributed by atoms with Crippen molar-refractivity contribution in [1.82, 2.24) is 29.9 Å². The molecule has 0 aliphatic heterocycles. The van der Waals surface area contributed by atoms with E-state index in [4.69, 9.17) is 0 Å². The van der Waals surface area contributed by atoms with Gasteiger partial charge >= 0.3 is 0 Å². The number of fused-ring (bicyclic) bond motifs is 1. The molecule has 1 aromatic carbocycles. The smallest absolute Gasteiger partial charge is 0.179 e. The largest absolute Gasteiger partial charge is 0.259 e. The summed E-state index contributed by atoms with van der Waals surface area (Å²) in [6, 6.07) is 9.27. The van der Waals surface area contributed by atoms with Gasteiger partial charge in [0.15, 0.2) is 21.3 Å². The van der Waals surface area contributed by atoms with Gasteiger partial charge in [0.25, 0.3) is 0 Å². The zero-order valence-electron chi connectivity index (χ0n) is 14.7. The van der Waals surface area contributed by atoms with Gasteiger partial charge in [-0.2, -0.15) is 10.2 Å². The minimum Gasteiger partial charge on any atom is -0.259 e. The molecule has 0 aliphatic rings. The Morgan fingerprint density at radius 3 is 2.81 bits per heavy atom. The molecule has 0 fully saturated rings. The van der Waals surface area contributed by atoms with E-state index in [2.05, 4.69) is 25.3 Å². The number of hydrogen-bond donors (Lipinski definition) is 1. The van der Waals surface area contributed by atoms with E-state index in [1.54, 1.807) is 16.9 Å². The van der Waals surface area contributed by atoms with Crippen LogP contribution in [-0.4, -0.2) is 44.1 Å². The Labute approximate surface area is 156 Å². The molecule has 4 rings (SSSR count).